The van der Waals surface area contributed by atoms with Crippen LogP contribution in [-0.2, 0) is 22.0 Å². The maximum Gasteiger partial charge on any atom is 0.287 e. The highest BCUT2D eigenvalue weighted by Gasteiger charge is 2.22. The van der Waals surface area contributed by atoms with Crippen LogP contribution in [0.3, 0.4) is 0 Å². The van der Waals surface area contributed by atoms with Crippen molar-refractivity contribution in [2.24, 2.45) is 0 Å². The van der Waals surface area contributed by atoms with Gasteiger partial charge in [0.15, 0.2) is 15.6 Å². The Labute approximate surface area is 171 Å². The summed E-state index contributed by atoms with van der Waals surface area (Å²) in [5, 5.41) is 2.82. The summed E-state index contributed by atoms with van der Waals surface area (Å²) in [5.74, 6) is -0.622. The molecule has 3 aromatic rings. The summed E-state index contributed by atoms with van der Waals surface area (Å²) >= 11 is 0. The van der Waals surface area contributed by atoms with Crippen molar-refractivity contribution in [3.05, 3.63) is 88.9 Å². The highest BCUT2D eigenvalue weighted by atomic mass is 32.2. The van der Waals surface area contributed by atoms with Gasteiger partial charge in [0.25, 0.3) is 5.91 Å². The van der Waals surface area contributed by atoms with Gasteiger partial charge in [0, 0.05) is 12.1 Å². The summed E-state index contributed by atoms with van der Waals surface area (Å²) < 4.78 is 30.4. The minimum atomic E-state index is -3.55. The Kier molecular flexibility index (Phi) is 6.54. The lowest BCUT2D eigenvalue weighted by molar-refractivity contribution is 0.0924. The number of aryl methyl sites for hydroxylation is 3. The number of hydrogen-bond acceptors (Lipinski definition) is 4. The first kappa shape index (κ1) is 20.9. The number of benzene rings is 2. The number of sulfone groups is 1. The second-order valence-corrected chi connectivity index (χ2v) is 9.13. The van der Waals surface area contributed by atoms with E-state index in [9.17, 15) is 13.2 Å². The molecule has 0 unspecified atom stereocenters. The first-order valence-electron chi connectivity index (χ1n) is 9.55. The Balaban J connectivity index is 1.58. The molecule has 0 aliphatic heterocycles. The van der Waals surface area contributed by atoms with Crippen molar-refractivity contribution in [2.45, 2.75) is 37.3 Å². The standard InChI is InChI=1S/C23H25NO4S/c1-17-10-11-19(18(2)15-17)7-6-13-24-23(25)22-20(12-14-28-22)16-29(26,27)21-8-4-3-5-9-21/h3-5,8-12,14-15H,6-7,13,16H2,1-2H3,(H,24,25). The van der Waals surface area contributed by atoms with Crippen molar-refractivity contribution in [1.29, 1.82) is 0 Å². The first-order chi connectivity index (χ1) is 13.9. The average Bonchev–Trinajstić information content (AvgIpc) is 3.14. The maximum atomic E-state index is 12.6. The van der Waals surface area contributed by atoms with Crippen molar-refractivity contribution < 1.29 is 17.6 Å². The van der Waals surface area contributed by atoms with Gasteiger partial charge in [-0.1, -0.05) is 42.0 Å². The van der Waals surface area contributed by atoms with Gasteiger partial charge in [-0.2, -0.15) is 0 Å². The molecular formula is C23H25NO4S. The number of amides is 1. The molecule has 3 rings (SSSR count). The fourth-order valence-corrected chi connectivity index (χ4v) is 4.63. The number of carbonyl (C=O) groups is 1. The fourth-order valence-electron chi connectivity index (χ4n) is 3.25. The second kappa shape index (κ2) is 9.09. The van der Waals surface area contributed by atoms with E-state index in [1.807, 2.05) is 0 Å². The number of hydrogen-bond donors (Lipinski definition) is 1. The lowest BCUT2D eigenvalue weighted by Gasteiger charge is -2.08. The van der Waals surface area contributed by atoms with Crippen LogP contribution in [0, 0.1) is 13.8 Å². The summed E-state index contributed by atoms with van der Waals surface area (Å²) in [4.78, 5) is 12.7. The molecule has 5 nitrogen and oxygen atoms in total. The van der Waals surface area contributed by atoms with Crippen LogP contribution < -0.4 is 5.32 Å². The van der Waals surface area contributed by atoms with Gasteiger partial charge in [-0.3, -0.25) is 4.79 Å². The molecule has 0 fully saturated rings. The van der Waals surface area contributed by atoms with Crippen molar-refractivity contribution in [2.75, 3.05) is 6.54 Å². The van der Waals surface area contributed by atoms with Crippen molar-refractivity contribution >= 4 is 15.7 Å². The quantitative estimate of drug-likeness (QED) is 0.563. The molecule has 0 spiro atoms. The summed E-state index contributed by atoms with van der Waals surface area (Å²) in [7, 11) is -3.55. The Hall–Kier alpha value is -2.86. The lowest BCUT2D eigenvalue weighted by atomic mass is 10.0. The molecule has 0 saturated carbocycles. The molecule has 152 valence electrons. The average molecular weight is 412 g/mol. The summed E-state index contributed by atoms with van der Waals surface area (Å²) in [6, 6.07) is 16.1. The van der Waals surface area contributed by atoms with E-state index in [1.54, 1.807) is 30.3 Å². The molecule has 2 aromatic carbocycles. The maximum absolute atomic E-state index is 12.6. The van der Waals surface area contributed by atoms with Crippen LogP contribution in [0.2, 0.25) is 0 Å². The Morgan fingerprint density at radius 3 is 2.48 bits per heavy atom. The fraction of sp³-hybridized carbons (Fsp3) is 0.261. The number of nitrogens with one attached hydrogen (secondary N) is 1. The zero-order chi connectivity index (χ0) is 20.9. The molecule has 29 heavy (non-hydrogen) atoms. The van der Waals surface area contributed by atoms with E-state index < -0.39 is 15.7 Å². The van der Waals surface area contributed by atoms with Crippen LogP contribution in [0.5, 0.6) is 0 Å². The lowest BCUT2D eigenvalue weighted by Crippen LogP contribution is -2.25. The molecule has 0 bridgehead atoms. The molecule has 1 N–H and O–H groups in total. The van der Waals surface area contributed by atoms with E-state index in [1.165, 1.54) is 29.0 Å². The van der Waals surface area contributed by atoms with Crippen LogP contribution in [0.15, 0.2) is 70.2 Å². The third kappa shape index (κ3) is 5.35. The molecule has 1 heterocycles. The summed E-state index contributed by atoms with van der Waals surface area (Å²) in [6.45, 7) is 4.64. The van der Waals surface area contributed by atoms with E-state index in [4.69, 9.17) is 4.42 Å². The number of carbonyl (C=O) groups excluding carboxylic acids is 1. The van der Waals surface area contributed by atoms with Crippen LogP contribution in [-0.4, -0.2) is 20.9 Å². The molecule has 1 aromatic heterocycles. The largest absolute Gasteiger partial charge is 0.459 e. The normalized spacial score (nSPS) is 11.4. The topological polar surface area (TPSA) is 76.4 Å². The van der Waals surface area contributed by atoms with Gasteiger partial charge in [0.1, 0.15) is 0 Å². The predicted octanol–water partition coefficient (Wildman–Crippen LogP) is 4.23. The van der Waals surface area contributed by atoms with E-state index in [-0.39, 0.29) is 16.4 Å². The van der Waals surface area contributed by atoms with E-state index in [0.717, 1.165) is 12.8 Å². The summed E-state index contributed by atoms with van der Waals surface area (Å²) in [6.07, 6.45) is 2.99. The molecule has 0 atom stereocenters. The predicted molar refractivity (Wildman–Crippen MR) is 113 cm³/mol. The van der Waals surface area contributed by atoms with Gasteiger partial charge < -0.3 is 9.73 Å². The smallest absolute Gasteiger partial charge is 0.287 e. The second-order valence-electron chi connectivity index (χ2n) is 7.14. The monoisotopic (exact) mass is 411 g/mol. The molecular weight excluding hydrogens is 386 g/mol. The van der Waals surface area contributed by atoms with Crippen molar-refractivity contribution in [1.82, 2.24) is 5.32 Å². The number of rotatable bonds is 8. The van der Waals surface area contributed by atoms with Crippen LogP contribution in [0.4, 0.5) is 0 Å². The van der Waals surface area contributed by atoms with E-state index >= 15 is 0 Å². The van der Waals surface area contributed by atoms with Crippen molar-refractivity contribution in [3.63, 3.8) is 0 Å². The Morgan fingerprint density at radius 2 is 1.76 bits per heavy atom. The van der Waals surface area contributed by atoms with Gasteiger partial charge in [-0.25, -0.2) is 8.42 Å². The molecule has 0 saturated heterocycles. The highest BCUT2D eigenvalue weighted by Crippen LogP contribution is 2.20. The first-order valence-corrected chi connectivity index (χ1v) is 11.2. The van der Waals surface area contributed by atoms with Gasteiger partial charge >= 0.3 is 0 Å². The van der Waals surface area contributed by atoms with Gasteiger partial charge in [0.05, 0.1) is 16.9 Å². The van der Waals surface area contributed by atoms with Crippen molar-refractivity contribution in [3.8, 4) is 0 Å². The molecule has 0 aliphatic rings. The molecule has 0 aliphatic carbocycles. The SMILES string of the molecule is Cc1ccc(CCCNC(=O)c2occc2CS(=O)(=O)c2ccccc2)c(C)c1. The van der Waals surface area contributed by atoms with Gasteiger partial charge in [0.2, 0.25) is 0 Å². The number of furan rings is 1. The molecule has 0 radical (unpaired) electrons. The van der Waals surface area contributed by atoms with Gasteiger partial charge in [-0.15, -0.1) is 0 Å². The molecule has 6 heteroatoms. The van der Waals surface area contributed by atoms with E-state index in [0.29, 0.717) is 12.1 Å². The third-order valence-electron chi connectivity index (χ3n) is 4.81. The van der Waals surface area contributed by atoms with E-state index in [2.05, 4.69) is 37.4 Å². The van der Waals surface area contributed by atoms with Crippen LogP contribution >= 0.6 is 0 Å². The molecule has 1 amide bonds. The van der Waals surface area contributed by atoms with Crippen LogP contribution in [0.25, 0.3) is 0 Å². The highest BCUT2D eigenvalue weighted by molar-refractivity contribution is 7.90. The minimum Gasteiger partial charge on any atom is -0.459 e. The Morgan fingerprint density at radius 1 is 1.00 bits per heavy atom. The van der Waals surface area contributed by atoms with Crippen LogP contribution in [0.1, 0.15) is 39.2 Å². The minimum absolute atomic E-state index is 0.0519. The van der Waals surface area contributed by atoms with Gasteiger partial charge in [-0.05, 0) is 56.0 Å². The third-order valence-corrected chi connectivity index (χ3v) is 6.49. The Bertz CT molecular complexity index is 1090. The zero-order valence-electron chi connectivity index (χ0n) is 16.6. The zero-order valence-corrected chi connectivity index (χ0v) is 17.5. The summed E-state index contributed by atoms with van der Waals surface area (Å²) in [5.41, 5.74) is 4.10.